The first-order valence-corrected chi connectivity index (χ1v) is 18.6. The monoisotopic (exact) mass is 694 g/mol. The van der Waals surface area contributed by atoms with Crippen LogP contribution in [0, 0.1) is 0 Å². The highest BCUT2D eigenvalue weighted by atomic mass is 15.1. The van der Waals surface area contributed by atoms with E-state index in [0.29, 0.717) is 0 Å². The lowest BCUT2D eigenvalue weighted by Crippen LogP contribution is -2.11. The fourth-order valence-electron chi connectivity index (χ4n) is 7.98. The highest BCUT2D eigenvalue weighted by molar-refractivity contribution is 6.12. The minimum Gasteiger partial charge on any atom is -0.354 e. The molecule has 0 fully saturated rings. The van der Waals surface area contributed by atoms with Gasteiger partial charge in [0.05, 0.1) is 27.9 Å². The van der Waals surface area contributed by atoms with Crippen LogP contribution in [0.4, 0.5) is 0 Å². The van der Waals surface area contributed by atoms with Gasteiger partial charge in [0.25, 0.3) is 0 Å². The van der Waals surface area contributed by atoms with E-state index in [4.69, 9.17) is 9.97 Å². The molecule has 0 saturated heterocycles. The Bertz CT molecular complexity index is 3030. The van der Waals surface area contributed by atoms with Gasteiger partial charge >= 0.3 is 0 Å². The summed E-state index contributed by atoms with van der Waals surface area (Å²) in [5.41, 5.74) is 14.1. The largest absolute Gasteiger partial charge is 0.354 e. The summed E-state index contributed by atoms with van der Waals surface area (Å²) in [5, 5.41) is 4.76. The van der Waals surface area contributed by atoms with Gasteiger partial charge in [-0.1, -0.05) is 136 Å². The molecule has 0 atom stereocenters. The third kappa shape index (κ3) is 5.30. The number of benzene rings is 7. The smallest absolute Gasteiger partial charge is 0.147 e. The van der Waals surface area contributed by atoms with E-state index in [0.717, 1.165) is 67.1 Å². The second-order valence-corrected chi connectivity index (χ2v) is 15.2. The van der Waals surface area contributed by atoms with Crippen molar-refractivity contribution in [3.63, 3.8) is 0 Å². The Morgan fingerprint density at radius 1 is 0.537 bits per heavy atom. The Morgan fingerprint density at radius 3 is 2.11 bits per heavy atom. The molecule has 0 saturated carbocycles. The van der Waals surface area contributed by atoms with Gasteiger partial charge < -0.3 is 4.98 Å². The minimum atomic E-state index is -0.0889. The zero-order valence-electron chi connectivity index (χ0n) is 30.5. The second-order valence-electron chi connectivity index (χ2n) is 15.2. The highest BCUT2D eigenvalue weighted by Gasteiger charge is 2.23. The van der Waals surface area contributed by atoms with Gasteiger partial charge in [0.1, 0.15) is 5.82 Å². The number of pyridine rings is 1. The average molecular weight is 695 g/mol. The first-order chi connectivity index (χ1) is 26.4. The molecule has 258 valence electrons. The van der Waals surface area contributed by atoms with E-state index in [2.05, 4.69) is 194 Å². The zero-order chi connectivity index (χ0) is 36.4. The van der Waals surface area contributed by atoms with Crippen molar-refractivity contribution < 1.29 is 0 Å². The van der Waals surface area contributed by atoms with E-state index in [-0.39, 0.29) is 5.41 Å². The predicted molar refractivity (Wildman–Crippen MR) is 226 cm³/mol. The molecule has 0 aliphatic carbocycles. The van der Waals surface area contributed by atoms with E-state index < -0.39 is 0 Å². The number of para-hydroxylation sites is 3. The standard InChI is InChI=1S/C50H38N4/c1-50(2,3)37-29-35(28-36(30-37)44-31-34(26-27-51-44)32-14-5-4-6-15-32)39-20-13-25-46-48(39)53-49(54(46)45-24-11-17-33-16-7-8-18-38(33)45)42-22-12-21-41-40-19-9-10-23-43(40)52-47(41)42/h4-31,52H,1-3H3. The summed E-state index contributed by atoms with van der Waals surface area (Å²) in [6.45, 7) is 6.83. The number of nitrogens with one attached hydrogen (secondary N) is 1. The maximum absolute atomic E-state index is 5.64. The van der Waals surface area contributed by atoms with Crippen molar-refractivity contribution in [1.29, 1.82) is 0 Å². The van der Waals surface area contributed by atoms with Crippen LogP contribution in [0.15, 0.2) is 170 Å². The van der Waals surface area contributed by atoms with E-state index in [1.54, 1.807) is 0 Å². The average Bonchev–Trinajstić information content (AvgIpc) is 3.79. The molecular weight excluding hydrogens is 657 g/mol. The molecule has 3 heterocycles. The Hall–Kier alpha value is -6.78. The van der Waals surface area contributed by atoms with Crippen molar-refractivity contribution in [3.8, 4) is 50.6 Å². The number of hydrogen-bond donors (Lipinski definition) is 1. The number of fused-ring (bicyclic) bond motifs is 5. The van der Waals surface area contributed by atoms with Crippen molar-refractivity contribution in [1.82, 2.24) is 19.5 Å². The molecule has 0 spiro atoms. The number of imidazole rings is 1. The Labute approximate surface area is 314 Å². The summed E-state index contributed by atoms with van der Waals surface area (Å²) in [6.07, 6.45) is 1.92. The van der Waals surface area contributed by atoms with E-state index in [1.807, 2.05) is 6.20 Å². The molecule has 4 heteroatoms. The fourth-order valence-corrected chi connectivity index (χ4v) is 7.98. The summed E-state index contributed by atoms with van der Waals surface area (Å²) in [5.74, 6) is 0.899. The van der Waals surface area contributed by atoms with Gasteiger partial charge in [0.15, 0.2) is 0 Å². The van der Waals surface area contributed by atoms with Crippen molar-refractivity contribution in [2.24, 2.45) is 0 Å². The summed E-state index contributed by atoms with van der Waals surface area (Å²) in [7, 11) is 0. The summed E-state index contributed by atoms with van der Waals surface area (Å²) < 4.78 is 2.36. The Morgan fingerprint density at radius 2 is 1.24 bits per heavy atom. The molecule has 7 aromatic carbocycles. The molecule has 0 aliphatic rings. The van der Waals surface area contributed by atoms with Crippen molar-refractivity contribution >= 4 is 43.6 Å². The molecule has 0 aliphatic heterocycles. The van der Waals surface area contributed by atoms with Crippen LogP contribution < -0.4 is 0 Å². The van der Waals surface area contributed by atoms with Gasteiger partial charge in [-0.3, -0.25) is 9.55 Å². The zero-order valence-corrected chi connectivity index (χ0v) is 30.5. The molecule has 0 unspecified atom stereocenters. The number of H-pyrrole nitrogens is 1. The van der Waals surface area contributed by atoms with Gasteiger partial charge in [0.2, 0.25) is 0 Å². The van der Waals surface area contributed by atoms with Crippen molar-refractivity contribution in [2.45, 2.75) is 26.2 Å². The van der Waals surface area contributed by atoms with Gasteiger partial charge in [-0.05, 0) is 81.6 Å². The topological polar surface area (TPSA) is 46.5 Å². The molecule has 54 heavy (non-hydrogen) atoms. The molecule has 10 rings (SSSR count). The maximum Gasteiger partial charge on any atom is 0.147 e. The molecule has 1 N–H and O–H groups in total. The first kappa shape index (κ1) is 31.9. The minimum absolute atomic E-state index is 0.0889. The Balaban J connectivity index is 1.25. The number of aromatic amines is 1. The van der Waals surface area contributed by atoms with E-state index in [9.17, 15) is 0 Å². The number of aromatic nitrogens is 4. The fraction of sp³-hybridized carbons (Fsp3) is 0.0800. The lowest BCUT2D eigenvalue weighted by atomic mass is 9.83. The van der Waals surface area contributed by atoms with Gasteiger partial charge in [-0.15, -0.1) is 0 Å². The number of nitrogens with zero attached hydrogens (tertiary/aromatic N) is 3. The van der Waals surface area contributed by atoms with E-state index >= 15 is 0 Å². The van der Waals surface area contributed by atoms with Crippen LogP contribution in [-0.4, -0.2) is 19.5 Å². The molecule has 0 bridgehead atoms. The molecule has 10 aromatic rings. The molecule has 0 amide bonds. The SMILES string of the molecule is CC(C)(C)c1cc(-c2cc(-c3ccccc3)ccn2)cc(-c2cccc3c2nc(-c2cccc4c2[nH]c2ccccc24)n3-c2cccc3ccccc23)c1. The predicted octanol–water partition coefficient (Wildman–Crippen LogP) is 13.2. The van der Waals surface area contributed by atoms with Crippen molar-refractivity contribution in [3.05, 3.63) is 176 Å². The quantitative estimate of drug-likeness (QED) is 0.195. The molecule has 3 aromatic heterocycles. The van der Waals surface area contributed by atoms with Crippen LogP contribution in [0.3, 0.4) is 0 Å². The van der Waals surface area contributed by atoms with Gasteiger partial charge in [0, 0.05) is 44.6 Å². The summed E-state index contributed by atoms with van der Waals surface area (Å²) >= 11 is 0. The maximum atomic E-state index is 5.64. The normalized spacial score (nSPS) is 12.0. The molecule has 4 nitrogen and oxygen atoms in total. The second kappa shape index (κ2) is 12.4. The molecular formula is C50H38N4. The summed E-state index contributed by atoms with van der Waals surface area (Å²) in [6, 6.07) is 58.6. The Kier molecular flexibility index (Phi) is 7.34. The van der Waals surface area contributed by atoms with E-state index in [1.165, 1.54) is 32.7 Å². The van der Waals surface area contributed by atoms with Crippen LogP contribution in [0.5, 0.6) is 0 Å². The van der Waals surface area contributed by atoms with Gasteiger partial charge in [-0.25, -0.2) is 4.98 Å². The molecule has 0 radical (unpaired) electrons. The lowest BCUT2D eigenvalue weighted by Gasteiger charge is -2.22. The third-order valence-corrected chi connectivity index (χ3v) is 10.7. The highest BCUT2D eigenvalue weighted by Crippen LogP contribution is 2.41. The number of rotatable bonds is 5. The van der Waals surface area contributed by atoms with Crippen LogP contribution in [0.25, 0.3) is 94.2 Å². The first-order valence-electron chi connectivity index (χ1n) is 18.6. The van der Waals surface area contributed by atoms with Crippen LogP contribution in [0.2, 0.25) is 0 Å². The number of hydrogen-bond acceptors (Lipinski definition) is 2. The lowest BCUT2D eigenvalue weighted by molar-refractivity contribution is 0.590. The van der Waals surface area contributed by atoms with Crippen LogP contribution >= 0.6 is 0 Å². The van der Waals surface area contributed by atoms with Crippen molar-refractivity contribution in [2.75, 3.05) is 0 Å². The van der Waals surface area contributed by atoms with Crippen LogP contribution in [0.1, 0.15) is 26.3 Å². The third-order valence-electron chi connectivity index (χ3n) is 10.7. The summed E-state index contributed by atoms with van der Waals surface area (Å²) in [4.78, 5) is 14.3. The van der Waals surface area contributed by atoms with Gasteiger partial charge in [-0.2, -0.15) is 0 Å². The van der Waals surface area contributed by atoms with Crippen LogP contribution in [-0.2, 0) is 5.41 Å².